The van der Waals surface area contributed by atoms with Crippen LogP contribution in [0.1, 0.15) is 40.0 Å². The van der Waals surface area contributed by atoms with Gasteiger partial charge >= 0.3 is 0 Å². The largest absolute Gasteiger partial charge is 0.0628 e. The van der Waals surface area contributed by atoms with Gasteiger partial charge in [0.05, 0.1) is 0 Å². The van der Waals surface area contributed by atoms with Crippen molar-refractivity contribution in [1.82, 2.24) is 0 Å². The van der Waals surface area contributed by atoms with Gasteiger partial charge in [-0.05, 0) is 12.3 Å². The smallest absolute Gasteiger partial charge is 0.0417 e. The summed E-state index contributed by atoms with van der Waals surface area (Å²) in [5, 5.41) is 0. The van der Waals surface area contributed by atoms with Crippen LogP contribution in [0, 0.1) is 12.3 Å². The van der Waals surface area contributed by atoms with Crippen molar-refractivity contribution in [3.05, 3.63) is 6.42 Å². The second-order valence-electron chi connectivity index (χ2n) is 2.73. The molecule has 8 heavy (non-hydrogen) atoms. The molecule has 1 radical (unpaired) electrons. The molecule has 0 heteroatoms. The van der Waals surface area contributed by atoms with E-state index >= 15 is 0 Å². The third kappa shape index (κ3) is 6.00. The predicted octanol–water partition coefficient (Wildman–Crippen LogP) is 3.04. The fraction of sp³-hybridized carbons (Fsp3) is 0.875. The lowest BCUT2D eigenvalue weighted by Crippen LogP contribution is -1.85. The summed E-state index contributed by atoms with van der Waals surface area (Å²) in [6, 6.07) is 0. The Balaban J connectivity index is 2.72. The Morgan fingerprint density at radius 2 is 2.00 bits per heavy atom. The van der Waals surface area contributed by atoms with Crippen molar-refractivity contribution >= 4 is 0 Å². The van der Waals surface area contributed by atoms with Gasteiger partial charge < -0.3 is 0 Å². The summed E-state index contributed by atoms with van der Waals surface area (Å²) in [4.78, 5) is 0. The maximum absolute atomic E-state index is 2.27. The van der Waals surface area contributed by atoms with E-state index in [1.54, 1.807) is 0 Å². The molecule has 0 rings (SSSR count). The van der Waals surface area contributed by atoms with Crippen LogP contribution in [-0.2, 0) is 0 Å². The van der Waals surface area contributed by atoms with Crippen molar-refractivity contribution in [3.8, 4) is 0 Å². The highest BCUT2D eigenvalue weighted by Gasteiger charge is 1.90. The molecule has 0 atom stereocenters. The zero-order valence-corrected chi connectivity index (χ0v) is 6.28. The Hall–Kier alpha value is 0. The first-order chi connectivity index (χ1) is 3.77. The van der Waals surface area contributed by atoms with Gasteiger partial charge in [0, 0.05) is 0 Å². The summed E-state index contributed by atoms with van der Waals surface area (Å²) < 4.78 is 0. The Labute approximate surface area is 53.3 Å². The average Bonchev–Trinajstić information content (AvgIpc) is 1.66. The molecule has 49 valence electrons. The van der Waals surface area contributed by atoms with Gasteiger partial charge in [-0.15, -0.1) is 0 Å². The van der Waals surface area contributed by atoms with E-state index in [0.717, 1.165) is 5.92 Å². The van der Waals surface area contributed by atoms with E-state index in [9.17, 15) is 0 Å². The highest BCUT2D eigenvalue weighted by Crippen LogP contribution is 2.06. The normalized spacial score (nSPS) is 10.5. The summed E-state index contributed by atoms with van der Waals surface area (Å²) in [7, 11) is 0. The molecule has 0 N–H and O–H groups in total. The molecule has 0 bridgehead atoms. The van der Waals surface area contributed by atoms with Crippen LogP contribution in [0.2, 0.25) is 0 Å². The molecule has 0 unspecified atom stereocenters. The minimum Gasteiger partial charge on any atom is -0.0628 e. The number of hydrogen-bond donors (Lipinski definition) is 0. The molecule has 0 saturated heterocycles. The molecule has 0 aromatic heterocycles. The zero-order chi connectivity index (χ0) is 6.41. The molecule has 0 spiro atoms. The standard InChI is InChI=1S/C8H17/c1-4-5-6-7-8(2)3/h4,8H,5-7H2,1-3H3. The first-order valence-corrected chi connectivity index (χ1v) is 3.55. The number of hydrogen-bond acceptors (Lipinski definition) is 0. The van der Waals surface area contributed by atoms with Gasteiger partial charge in [0.2, 0.25) is 0 Å². The van der Waals surface area contributed by atoms with E-state index in [1.807, 2.05) is 0 Å². The SMILES string of the molecule is C[CH]CCCC(C)C. The van der Waals surface area contributed by atoms with Crippen molar-refractivity contribution in [2.75, 3.05) is 0 Å². The second-order valence-corrected chi connectivity index (χ2v) is 2.73. The van der Waals surface area contributed by atoms with Crippen molar-refractivity contribution < 1.29 is 0 Å². The third-order valence-corrected chi connectivity index (χ3v) is 1.27. The quantitative estimate of drug-likeness (QED) is 0.491. The molecule has 0 saturated carbocycles. The van der Waals surface area contributed by atoms with Crippen LogP contribution in [0.25, 0.3) is 0 Å². The van der Waals surface area contributed by atoms with Crippen LogP contribution >= 0.6 is 0 Å². The van der Waals surface area contributed by atoms with E-state index in [2.05, 4.69) is 27.2 Å². The molecule has 0 fully saturated rings. The summed E-state index contributed by atoms with van der Waals surface area (Å²) in [5.74, 6) is 0.884. The van der Waals surface area contributed by atoms with Crippen LogP contribution in [0.5, 0.6) is 0 Å². The Bertz CT molecular complexity index is 37.3. The maximum Gasteiger partial charge on any atom is -0.0417 e. The average molecular weight is 113 g/mol. The Morgan fingerprint density at radius 3 is 2.38 bits per heavy atom. The molecule has 0 aromatic carbocycles. The predicted molar refractivity (Wildman–Crippen MR) is 38.7 cm³/mol. The minimum atomic E-state index is 0.884. The van der Waals surface area contributed by atoms with Gasteiger partial charge in [0.25, 0.3) is 0 Å². The molecular formula is C8H17. The lowest BCUT2D eigenvalue weighted by molar-refractivity contribution is 0.553. The number of rotatable bonds is 4. The molecule has 0 aliphatic heterocycles. The van der Waals surface area contributed by atoms with Crippen LogP contribution in [0.15, 0.2) is 0 Å². The first kappa shape index (κ1) is 8.00. The second kappa shape index (κ2) is 5.14. The molecule has 0 aromatic rings. The van der Waals surface area contributed by atoms with E-state index in [0.29, 0.717) is 0 Å². The van der Waals surface area contributed by atoms with E-state index < -0.39 is 0 Å². The summed E-state index contributed by atoms with van der Waals surface area (Å²) in [5.41, 5.74) is 0. The van der Waals surface area contributed by atoms with Crippen molar-refractivity contribution in [2.45, 2.75) is 40.0 Å². The van der Waals surface area contributed by atoms with Gasteiger partial charge in [-0.25, -0.2) is 0 Å². The molecular weight excluding hydrogens is 96.1 g/mol. The topological polar surface area (TPSA) is 0 Å². The maximum atomic E-state index is 2.27. The third-order valence-electron chi connectivity index (χ3n) is 1.27. The van der Waals surface area contributed by atoms with E-state index in [1.165, 1.54) is 19.3 Å². The van der Waals surface area contributed by atoms with Gasteiger partial charge in [0.15, 0.2) is 0 Å². The first-order valence-electron chi connectivity index (χ1n) is 3.55. The van der Waals surface area contributed by atoms with E-state index in [4.69, 9.17) is 0 Å². The van der Waals surface area contributed by atoms with Gasteiger partial charge in [-0.2, -0.15) is 0 Å². The highest BCUT2D eigenvalue weighted by atomic mass is 14.0. The van der Waals surface area contributed by atoms with Crippen LogP contribution in [-0.4, -0.2) is 0 Å². The van der Waals surface area contributed by atoms with Crippen LogP contribution in [0.4, 0.5) is 0 Å². The summed E-state index contributed by atoms with van der Waals surface area (Å²) >= 11 is 0. The molecule has 0 amide bonds. The Kier molecular flexibility index (Phi) is 5.14. The van der Waals surface area contributed by atoms with Crippen molar-refractivity contribution in [3.63, 3.8) is 0 Å². The summed E-state index contributed by atoms with van der Waals surface area (Å²) in [6.45, 7) is 6.67. The molecule has 0 aliphatic carbocycles. The fourth-order valence-electron chi connectivity index (χ4n) is 0.730. The fourth-order valence-corrected chi connectivity index (χ4v) is 0.730. The van der Waals surface area contributed by atoms with Crippen molar-refractivity contribution in [1.29, 1.82) is 0 Å². The van der Waals surface area contributed by atoms with E-state index in [-0.39, 0.29) is 0 Å². The van der Waals surface area contributed by atoms with Crippen LogP contribution in [0.3, 0.4) is 0 Å². The molecule has 0 nitrogen and oxygen atoms in total. The Morgan fingerprint density at radius 1 is 1.38 bits per heavy atom. The van der Waals surface area contributed by atoms with Gasteiger partial charge in [-0.1, -0.05) is 40.0 Å². The van der Waals surface area contributed by atoms with Gasteiger partial charge in [-0.3, -0.25) is 0 Å². The molecule has 0 heterocycles. The van der Waals surface area contributed by atoms with Crippen LogP contribution < -0.4 is 0 Å². The summed E-state index contributed by atoms with van der Waals surface area (Å²) in [6.07, 6.45) is 6.28. The lowest BCUT2D eigenvalue weighted by atomic mass is 10.1. The number of unbranched alkanes of at least 4 members (excludes halogenated alkanes) is 2. The monoisotopic (exact) mass is 113 g/mol. The highest BCUT2D eigenvalue weighted by molar-refractivity contribution is 4.56. The zero-order valence-electron chi connectivity index (χ0n) is 6.28. The van der Waals surface area contributed by atoms with Gasteiger partial charge in [0.1, 0.15) is 0 Å². The lowest BCUT2D eigenvalue weighted by Gasteiger charge is -2.00. The van der Waals surface area contributed by atoms with Crippen molar-refractivity contribution in [2.24, 2.45) is 5.92 Å². The minimum absolute atomic E-state index is 0.884. The molecule has 0 aliphatic rings.